The van der Waals surface area contributed by atoms with Crippen molar-refractivity contribution in [1.29, 1.82) is 0 Å². The van der Waals surface area contributed by atoms with Gasteiger partial charge >= 0.3 is 0 Å². The molecule has 3 rings (SSSR count). The number of imide groups is 1. The maximum absolute atomic E-state index is 13.2. The molecule has 4 nitrogen and oxygen atoms in total. The lowest BCUT2D eigenvalue weighted by Gasteiger charge is -2.49. The molecule has 0 spiro atoms. The molecule has 0 bridgehead atoms. The minimum atomic E-state index is -0.345. The normalized spacial score (nSPS) is 26.5. The molecule has 0 aromatic heterocycles. The number of hydrogen-bond acceptors (Lipinski definition) is 3. The minimum absolute atomic E-state index is 0.00192. The zero-order valence-corrected chi connectivity index (χ0v) is 15.4. The van der Waals surface area contributed by atoms with Gasteiger partial charge in [-0.2, -0.15) is 0 Å². The number of amides is 2. The first-order valence-corrected chi connectivity index (χ1v) is 9.61. The number of fused-ring (bicyclic) bond motifs is 1. The van der Waals surface area contributed by atoms with Gasteiger partial charge in [0.05, 0.1) is 7.11 Å². The van der Waals surface area contributed by atoms with Crippen LogP contribution < -0.4 is 4.74 Å². The first kappa shape index (κ1) is 18.0. The van der Waals surface area contributed by atoms with Crippen LogP contribution in [0.5, 0.6) is 5.75 Å². The van der Waals surface area contributed by atoms with E-state index in [0.29, 0.717) is 13.0 Å². The lowest BCUT2D eigenvalue weighted by Crippen LogP contribution is -2.57. The maximum atomic E-state index is 13.2. The number of unbranched alkanes of at least 4 members (excludes halogenated alkanes) is 2. The molecular formula is C21H29NO3. The van der Waals surface area contributed by atoms with Gasteiger partial charge in [0.2, 0.25) is 11.8 Å². The second kappa shape index (κ2) is 7.59. The zero-order chi connectivity index (χ0) is 17.9. The van der Waals surface area contributed by atoms with Gasteiger partial charge in [-0.15, -0.1) is 0 Å². The molecule has 4 heteroatoms. The molecule has 1 saturated heterocycles. The van der Waals surface area contributed by atoms with Crippen molar-refractivity contribution in [3.63, 3.8) is 0 Å². The predicted octanol–water partition coefficient (Wildman–Crippen LogP) is 4.07. The fourth-order valence-electron chi connectivity index (χ4n) is 4.62. The molecule has 1 aliphatic carbocycles. The van der Waals surface area contributed by atoms with Crippen LogP contribution in [0, 0.1) is 5.92 Å². The maximum Gasteiger partial charge on any atom is 0.233 e. The monoisotopic (exact) mass is 343 g/mol. The molecule has 1 heterocycles. The number of nitrogens with zero attached hydrogens (tertiary/aromatic N) is 1. The number of carbonyl (C=O) groups is 2. The van der Waals surface area contributed by atoms with Crippen LogP contribution in [0.25, 0.3) is 0 Å². The molecule has 2 fully saturated rings. The van der Waals surface area contributed by atoms with Crippen molar-refractivity contribution >= 4 is 11.8 Å². The van der Waals surface area contributed by atoms with Crippen molar-refractivity contribution < 1.29 is 14.3 Å². The molecule has 25 heavy (non-hydrogen) atoms. The number of carbonyl (C=O) groups excluding carboxylic acids is 2. The van der Waals surface area contributed by atoms with Gasteiger partial charge in [-0.25, -0.2) is 0 Å². The number of rotatable bonds is 6. The van der Waals surface area contributed by atoms with Crippen molar-refractivity contribution in [1.82, 2.24) is 4.90 Å². The number of methoxy groups -OCH3 is 1. The van der Waals surface area contributed by atoms with E-state index in [-0.39, 0.29) is 23.1 Å². The van der Waals surface area contributed by atoms with E-state index in [9.17, 15) is 9.59 Å². The Balaban J connectivity index is 1.92. The Morgan fingerprint density at radius 3 is 2.84 bits per heavy atom. The smallest absolute Gasteiger partial charge is 0.233 e. The van der Waals surface area contributed by atoms with Gasteiger partial charge in [0.25, 0.3) is 0 Å². The fraction of sp³-hybridized carbons (Fsp3) is 0.619. The summed E-state index contributed by atoms with van der Waals surface area (Å²) in [5.74, 6) is 0.770. The Bertz CT molecular complexity index is 642. The summed E-state index contributed by atoms with van der Waals surface area (Å²) in [6.07, 6.45) is 7.44. The van der Waals surface area contributed by atoms with Crippen LogP contribution in [0.1, 0.15) is 63.9 Å². The summed E-state index contributed by atoms with van der Waals surface area (Å²) in [5.41, 5.74) is 0.744. The van der Waals surface area contributed by atoms with E-state index < -0.39 is 0 Å². The van der Waals surface area contributed by atoms with Gasteiger partial charge in [0, 0.05) is 24.3 Å². The van der Waals surface area contributed by atoms with Gasteiger partial charge in [-0.05, 0) is 37.0 Å². The molecule has 1 saturated carbocycles. The first-order chi connectivity index (χ1) is 12.1. The average Bonchev–Trinajstić information content (AvgIpc) is 2.64. The van der Waals surface area contributed by atoms with Crippen molar-refractivity contribution in [3.8, 4) is 5.75 Å². The summed E-state index contributed by atoms with van der Waals surface area (Å²) >= 11 is 0. The lowest BCUT2D eigenvalue weighted by atomic mass is 9.58. The number of likely N-dealkylation sites (tertiary alicyclic amines) is 1. The third kappa shape index (κ3) is 3.31. The highest BCUT2D eigenvalue weighted by atomic mass is 16.5. The van der Waals surface area contributed by atoms with Crippen molar-refractivity contribution in [2.24, 2.45) is 5.92 Å². The molecule has 1 aliphatic heterocycles. The van der Waals surface area contributed by atoms with Crippen molar-refractivity contribution in [2.45, 2.75) is 63.7 Å². The summed E-state index contributed by atoms with van der Waals surface area (Å²) in [6.45, 7) is 2.71. The number of ether oxygens (including phenoxy) is 1. The molecule has 0 radical (unpaired) electrons. The van der Waals surface area contributed by atoms with E-state index in [4.69, 9.17) is 4.74 Å². The fourth-order valence-corrected chi connectivity index (χ4v) is 4.62. The van der Waals surface area contributed by atoms with Gasteiger partial charge < -0.3 is 4.74 Å². The van der Waals surface area contributed by atoms with Crippen LogP contribution in [-0.4, -0.2) is 30.4 Å². The van der Waals surface area contributed by atoms with Gasteiger partial charge in [-0.1, -0.05) is 44.7 Å². The SMILES string of the molecule is CCCCCN1C(=O)C[C@]2(c3cccc(OC)c3)CCCC[C@H]2C1=O. The van der Waals surface area contributed by atoms with Crippen molar-refractivity contribution in [3.05, 3.63) is 29.8 Å². The number of hydrogen-bond donors (Lipinski definition) is 0. The Kier molecular flexibility index (Phi) is 5.45. The van der Waals surface area contributed by atoms with Crippen LogP contribution >= 0.6 is 0 Å². The summed E-state index contributed by atoms with van der Waals surface area (Å²) in [7, 11) is 1.65. The highest BCUT2D eigenvalue weighted by Crippen LogP contribution is 2.50. The van der Waals surface area contributed by atoms with Gasteiger partial charge in [0.15, 0.2) is 0 Å². The minimum Gasteiger partial charge on any atom is -0.497 e. The topological polar surface area (TPSA) is 46.6 Å². The van der Waals surface area contributed by atoms with E-state index in [0.717, 1.165) is 56.3 Å². The average molecular weight is 343 g/mol. The van der Waals surface area contributed by atoms with Crippen molar-refractivity contribution in [2.75, 3.05) is 13.7 Å². The Morgan fingerprint density at radius 2 is 2.08 bits per heavy atom. The second-order valence-corrected chi connectivity index (χ2v) is 7.45. The molecular weight excluding hydrogens is 314 g/mol. The molecule has 1 aromatic rings. The van der Waals surface area contributed by atoms with E-state index in [1.54, 1.807) is 12.0 Å². The first-order valence-electron chi connectivity index (χ1n) is 9.61. The van der Waals surface area contributed by atoms with Gasteiger partial charge in [-0.3, -0.25) is 14.5 Å². The largest absolute Gasteiger partial charge is 0.497 e. The second-order valence-electron chi connectivity index (χ2n) is 7.45. The molecule has 0 unspecified atom stereocenters. The molecule has 2 aliphatic rings. The highest BCUT2D eigenvalue weighted by molar-refractivity contribution is 6.01. The summed E-state index contributed by atoms with van der Waals surface area (Å²) in [5, 5.41) is 0. The van der Waals surface area contributed by atoms with E-state index in [1.807, 2.05) is 18.2 Å². The van der Waals surface area contributed by atoms with Crippen LogP contribution in [0.3, 0.4) is 0 Å². The van der Waals surface area contributed by atoms with E-state index in [2.05, 4.69) is 13.0 Å². The molecule has 0 N–H and O–H groups in total. The molecule has 1 aromatic carbocycles. The van der Waals surface area contributed by atoms with Crippen LogP contribution in [0.15, 0.2) is 24.3 Å². The predicted molar refractivity (Wildman–Crippen MR) is 97.5 cm³/mol. The van der Waals surface area contributed by atoms with Crippen LogP contribution in [0.2, 0.25) is 0 Å². The standard InChI is InChI=1S/C21H29NO3/c1-3-4-7-13-22-19(23)15-21(12-6-5-11-18(21)20(22)24)16-9-8-10-17(14-16)25-2/h8-10,14,18H,3-7,11-13,15H2,1-2H3/t18-,21-/m0/s1. The van der Waals surface area contributed by atoms with Gasteiger partial charge in [0.1, 0.15) is 5.75 Å². The molecule has 136 valence electrons. The Labute approximate surface area is 150 Å². The number of benzene rings is 1. The summed E-state index contributed by atoms with van der Waals surface area (Å²) in [4.78, 5) is 27.6. The van der Waals surface area contributed by atoms with E-state index >= 15 is 0 Å². The molecule has 2 atom stereocenters. The highest BCUT2D eigenvalue weighted by Gasteiger charge is 2.53. The quantitative estimate of drug-likeness (QED) is 0.578. The van der Waals surface area contributed by atoms with Crippen LogP contribution in [0.4, 0.5) is 0 Å². The summed E-state index contributed by atoms with van der Waals surface area (Å²) in [6, 6.07) is 7.97. The third-order valence-corrected chi connectivity index (χ3v) is 5.99. The summed E-state index contributed by atoms with van der Waals surface area (Å²) < 4.78 is 5.38. The zero-order valence-electron chi connectivity index (χ0n) is 15.4. The Hall–Kier alpha value is -1.84. The number of piperidine rings is 1. The van der Waals surface area contributed by atoms with E-state index in [1.165, 1.54) is 0 Å². The Morgan fingerprint density at radius 1 is 1.24 bits per heavy atom. The third-order valence-electron chi connectivity index (χ3n) is 5.99. The molecule has 2 amide bonds. The van der Waals surface area contributed by atoms with Crippen LogP contribution in [-0.2, 0) is 15.0 Å². The lowest BCUT2D eigenvalue weighted by molar-refractivity contribution is -0.158.